The highest BCUT2D eigenvalue weighted by Crippen LogP contribution is 2.15. The summed E-state index contributed by atoms with van der Waals surface area (Å²) in [5.74, 6) is -0.946. The summed E-state index contributed by atoms with van der Waals surface area (Å²) in [7, 11) is 0. The van der Waals surface area contributed by atoms with E-state index < -0.39 is 6.10 Å². The molecule has 0 N–H and O–H groups in total. The minimum atomic E-state index is -0.802. The van der Waals surface area contributed by atoms with Crippen molar-refractivity contribution in [2.75, 3.05) is 13.2 Å². The van der Waals surface area contributed by atoms with Crippen molar-refractivity contribution in [2.24, 2.45) is 0 Å². The second-order valence-electron chi connectivity index (χ2n) is 17.6. The van der Waals surface area contributed by atoms with Crippen molar-refractivity contribution in [3.05, 3.63) is 109 Å². The summed E-state index contributed by atoms with van der Waals surface area (Å²) in [5.41, 5.74) is 0. The first-order valence-electron chi connectivity index (χ1n) is 27.0. The lowest BCUT2D eigenvalue weighted by atomic mass is 10.0. The fourth-order valence-electron chi connectivity index (χ4n) is 7.19. The van der Waals surface area contributed by atoms with E-state index in [2.05, 4.69) is 87.6 Å². The van der Waals surface area contributed by atoms with Gasteiger partial charge in [0.2, 0.25) is 0 Å². The molecular formula is C60H98O6. The second kappa shape index (κ2) is 53.7. The largest absolute Gasteiger partial charge is 0.462 e. The molecule has 0 saturated carbocycles. The van der Waals surface area contributed by atoms with Gasteiger partial charge in [0.05, 0.1) is 0 Å². The zero-order chi connectivity index (χ0) is 47.9. The number of carbonyl (C=O) groups excluding carboxylic acids is 3. The van der Waals surface area contributed by atoms with Gasteiger partial charge in [-0.1, -0.05) is 265 Å². The van der Waals surface area contributed by atoms with Gasteiger partial charge in [-0.3, -0.25) is 14.4 Å². The Morgan fingerprint density at radius 2 is 0.621 bits per heavy atom. The van der Waals surface area contributed by atoms with E-state index in [0.717, 1.165) is 109 Å². The third kappa shape index (κ3) is 51.1. The van der Waals surface area contributed by atoms with Crippen molar-refractivity contribution in [3.8, 4) is 0 Å². The third-order valence-electron chi connectivity index (χ3n) is 11.2. The Bertz CT molecular complexity index is 1370. The molecule has 6 nitrogen and oxygen atoms in total. The van der Waals surface area contributed by atoms with Crippen molar-refractivity contribution in [1.82, 2.24) is 0 Å². The molecule has 0 spiro atoms. The van der Waals surface area contributed by atoms with E-state index in [-0.39, 0.29) is 31.1 Å². The Morgan fingerprint density at radius 1 is 0.318 bits per heavy atom. The molecular weight excluding hydrogens is 817 g/mol. The third-order valence-corrected chi connectivity index (χ3v) is 11.2. The quantitative estimate of drug-likeness (QED) is 0.0262. The van der Waals surface area contributed by atoms with Gasteiger partial charge in [0.1, 0.15) is 13.2 Å². The molecule has 0 heterocycles. The van der Waals surface area contributed by atoms with Gasteiger partial charge in [-0.15, -0.1) is 0 Å². The van der Waals surface area contributed by atoms with E-state index in [4.69, 9.17) is 14.2 Å². The van der Waals surface area contributed by atoms with Crippen LogP contribution >= 0.6 is 0 Å². The molecule has 0 aliphatic rings. The summed E-state index contributed by atoms with van der Waals surface area (Å²) in [6, 6.07) is 0. The smallest absolute Gasteiger partial charge is 0.306 e. The Kier molecular flexibility index (Phi) is 50.5. The Morgan fingerprint density at radius 3 is 0.985 bits per heavy atom. The van der Waals surface area contributed by atoms with E-state index in [1.54, 1.807) is 0 Å². The highest BCUT2D eigenvalue weighted by atomic mass is 16.6. The lowest BCUT2D eigenvalue weighted by molar-refractivity contribution is -0.167. The molecule has 0 bridgehead atoms. The summed E-state index contributed by atoms with van der Waals surface area (Å²) < 4.78 is 16.8. The van der Waals surface area contributed by atoms with Crippen LogP contribution in [0.3, 0.4) is 0 Å². The molecule has 374 valence electrons. The van der Waals surface area contributed by atoms with Crippen molar-refractivity contribution in [3.63, 3.8) is 0 Å². The maximum atomic E-state index is 12.8. The first kappa shape index (κ1) is 62.1. The fraction of sp³-hybridized carbons (Fsp3) is 0.650. The van der Waals surface area contributed by atoms with Crippen LogP contribution in [0.2, 0.25) is 0 Å². The van der Waals surface area contributed by atoms with Crippen LogP contribution in [-0.4, -0.2) is 37.2 Å². The molecule has 0 amide bonds. The number of hydrogen-bond acceptors (Lipinski definition) is 6. The van der Waals surface area contributed by atoms with Crippen LogP contribution in [0.5, 0.6) is 0 Å². The fourth-order valence-corrected chi connectivity index (χ4v) is 7.19. The highest BCUT2D eigenvalue weighted by Gasteiger charge is 2.19. The number of hydrogen-bond donors (Lipinski definition) is 0. The molecule has 0 fully saturated rings. The Hall–Kier alpha value is -3.93. The topological polar surface area (TPSA) is 78.9 Å². The SMILES string of the molecule is CC\C=C/C=C\C=C/C=C\CCCCCCCC(=O)OC(COC(=O)CCCCCCC\C=C/C=C\C=C/C=C\C=C/CCC)COC(=O)CCCCCCCCCCCCCCCCC. The predicted molar refractivity (Wildman–Crippen MR) is 283 cm³/mol. The van der Waals surface area contributed by atoms with Gasteiger partial charge in [-0.25, -0.2) is 0 Å². The normalized spacial score (nSPS) is 13.0. The number of unbranched alkanes of at least 4 members (excludes halogenated alkanes) is 25. The number of ether oxygens (including phenoxy) is 3. The van der Waals surface area contributed by atoms with E-state index in [1.807, 2.05) is 42.5 Å². The molecule has 0 aromatic heterocycles. The lowest BCUT2D eigenvalue weighted by Gasteiger charge is -2.18. The summed E-state index contributed by atoms with van der Waals surface area (Å²) in [6.07, 6.45) is 72.0. The zero-order valence-electron chi connectivity index (χ0n) is 42.7. The summed E-state index contributed by atoms with van der Waals surface area (Å²) in [6.45, 7) is 6.37. The van der Waals surface area contributed by atoms with Gasteiger partial charge in [-0.05, 0) is 57.8 Å². The standard InChI is InChI=1S/C60H98O6/c1-4-7-10-13-16-19-22-25-28-29-30-33-35-38-41-44-47-50-53-59(62)65-56-57(66-60(63)54-51-48-45-42-39-36-32-27-24-21-18-15-12-9-6-3)55-64-58(61)52-49-46-43-40-37-34-31-26-23-20-17-14-11-8-5-2/h9-10,12-13,15-16,18-19,21-22,24-25,27-30,32-33,57H,4-8,11,14,17,20,23,26,31,34-56H2,1-3H3/b12-9-,13-10-,18-15-,19-16-,24-21-,25-22-,29-28-,32-27-,33-30-. The van der Waals surface area contributed by atoms with Crippen molar-refractivity contribution in [1.29, 1.82) is 0 Å². The number of carbonyl (C=O) groups is 3. The minimum Gasteiger partial charge on any atom is -0.462 e. The van der Waals surface area contributed by atoms with Crippen LogP contribution in [-0.2, 0) is 28.6 Å². The Labute approximate surface area is 406 Å². The molecule has 0 rings (SSSR count). The monoisotopic (exact) mass is 915 g/mol. The summed E-state index contributed by atoms with van der Waals surface area (Å²) >= 11 is 0. The highest BCUT2D eigenvalue weighted by molar-refractivity contribution is 5.71. The van der Waals surface area contributed by atoms with Crippen molar-refractivity contribution in [2.45, 2.75) is 239 Å². The van der Waals surface area contributed by atoms with Gasteiger partial charge in [0.15, 0.2) is 6.10 Å². The molecule has 0 radical (unpaired) electrons. The van der Waals surface area contributed by atoms with Gasteiger partial charge < -0.3 is 14.2 Å². The molecule has 0 aromatic rings. The first-order valence-corrected chi connectivity index (χ1v) is 27.0. The molecule has 1 atom stereocenters. The lowest BCUT2D eigenvalue weighted by Crippen LogP contribution is -2.30. The average molecular weight is 915 g/mol. The maximum absolute atomic E-state index is 12.8. The minimum absolute atomic E-state index is 0.0964. The first-order chi connectivity index (χ1) is 32.5. The van der Waals surface area contributed by atoms with Crippen LogP contribution in [0.25, 0.3) is 0 Å². The van der Waals surface area contributed by atoms with E-state index in [1.165, 1.54) is 83.5 Å². The molecule has 0 aliphatic carbocycles. The maximum Gasteiger partial charge on any atom is 0.306 e. The molecule has 1 unspecified atom stereocenters. The van der Waals surface area contributed by atoms with Gasteiger partial charge in [-0.2, -0.15) is 0 Å². The number of allylic oxidation sites excluding steroid dienone is 18. The summed E-state index contributed by atoms with van der Waals surface area (Å²) in [5, 5.41) is 0. The predicted octanol–water partition coefficient (Wildman–Crippen LogP) is 17.9. The average Bonchev–Trinajstić information content (AvgIpc) is 3.31. The molecule has 0 aromatic carbocycles. The molecule has 6 heteroatoms. The number of rotatable bonds is 47. The van der Waals surface area contributed by atoms with E-state index >= 15 is 0 Å². The van der Waals surface area contributed by atoms with Gasteiger partial charge in [0.25, 0.3) is 0 Å². The molecule has 0 aliphatic heterocycles. The molecule has 0 saturated heterocycles. The summed E-state index contributed by atoms with van der Waals surface area (Å²) in [4.78, 5) is 38.1. The number of esters is 3. The van der Waals surface area contributed by atoms with Crippen LogP contribution in [0.1, 0.15) is 233 Å². The zero-order valence-corrected chi connectivity index (χ0v) is 42.7. The van der Waals surface area contributed by atoms with Gasteiger partial charge in [0, 0.05) is 19.3 Å². The van der Waals surface area contributed by atoms with Gasteiger partial charge >= 0.3 is 17.9 Å². The molecule has 66 heavy (non-hydrogen) atoms. The van der Waals surface area contributed by atoms with Crippen LogP contribution in [0, 0.1) is 0 Å². The van der Waals surface area contributed by atoms with Crippen molar-refractivity contribution < 1.29 is 28.6 Å². The van der Waals surface area contributed by atoms with Crippen LogP contribution in [0.4, 0.5) is 0 Å². The van der Waals surface area contributed by atoms with Crippen LogP contribution < -0.4 is 0 Å². The Balaban J connectivity index is 4.49. The van der Waals surface area contributed by atoms with Crippen molar-refractivity contribution >= 4 is 17.9 Å². The van der Waals surface area contributed by atoms with E-state index in [9.17, 15) is 14.4 Å². The van der Waals surface area contributed by atoms with E-state index in [0.29, 0.717) is 19.3 Å². The second-order valence-corrected chi connectivity index (χ2v) is 17.6. The van der Waals surface area contributed by atoms with Crippen LogP contribution in [0.15, 0.2) is 109 Å².